The summed E-state index contributed by atoms with van der Waals surface area (Å²) in [5.41, 5.74) is -3.91. The minimum atomic E-state index is -5.78. The number of rotatable bonds is 1. The molecule has 4 aliphatic carbocycles. The summed E-state index contributed by atoms with van der Waals surface area (Å²) in [6.07, 6.45) is 0.763. The van der Waals surface area contributed by atoms with Crippen molar-refractivity contribution in [1.29, 1.82) is 0 Å². The first kappa shape index (κ1) is 20.0. The Labute approximate surface area is 160 Å². The van der Waals surface area contributed by atoms with Gasteiger partial charge in [0.05, 0.1) is 0 Å². The van der Waals surface area contributed by atoms with Gasteiger partial charge in [-0.25, -0.2) is 0 Å². The number of alkyl halides is 5. The molecule has 0 aromatic rings. The van der Waals surface area contributed by atoms with E-state index < -0.39 is 35.5 Å². The van der Waals surface area contributed by atoms with E-state index in [1.165, 1.54) is 13.0 Å². The first-order valence-corrected chi connectivity index (χ1v) is 9.89. The Morgan fingerprint density at radius 3 is 2.32 bits per heavy atom. The van der Waals surface area contributed by atoms with Gasteiger partial charge in [0.15, 0.2) is 5.78 Å². The third kappa shape index (κ3) is 2.25. The lowest BCUT2D eigenvalue weighted by atomic mass is 9.47. The zero-order chi connectivity index (χ0) is 20.8. The van der Waals surface area contributed by atoms with Gasteiger partial charge >= 0.3 is 12.1 Å². The first-order valence-electron chi connectivity index (χ1n) is 9.89. The van der Waals surface area contributed by atoms with Crippen LogP contribution in [-0.2, 0) is 4.79 Å². The maximum absolute atomic E-state index is 14.4. The molecule has 7 heteroatoms. The second-order valence-electron chi connectivity index (χ2n) is 9.53. The van der Waals surface area contributed by atoms with Gasteiger partial charge in [0.2, 0.25) is 0 Å². The highest BCUT2D eigenvalue weighted by atomic mass is 19.4. The van der Waals surface area contributed by atoms with Crippen molar-refractivity contribution >= 4 is 5.78 Å². The zero-order valence-corrected chi connectivity index (χ0v) is 16.0. The molecule has 0 aromatic heterocycles. The quantitative estimate of drug-likeness (QED) is 0.608. The summed E-state index contributed by atoms with van der Waals surface area (Å²) in [5, 5.41) is 10.8. The Morgan fingerprint density at radius 1 is 1.04 bits per heavy atom. The van der Waals surface area contributed by atoms with Crippen molar-refractivity contribution in [3.63, 3.8) is 0 Å². The van der Waals surface area contributed by atoms with Gasteiger partial charge in [0.25, 0.3) is 0 Å². The van der Waals surface area contributed by atoms with E-state index in [1.54, 1.807) is 6.08 Å². The third-order valence-electron chi connectivity index (χ3n) is 8.58. The normalized spacial score (nSPS) is 45.9. The molecular formula is C21H25F5O2. The van der Waals surface area contributed by atoms with Gasteiger partial charge in [-0.2, -0.15) is 22.0 Å². The Morgan fingerprint density at radius 2 is 1.68 bits per heavy atom. The zero-order valence-electron chi connectivity index (χ0n) is 16.0. The van der Waals surface area contributed by atoms with Crippen LogP contribution in [0.4, 0.5) is 22.0 Å². The maximum Gasteiger partial charge on any atom is 0.456 e. The second-order valence-corrected chi connectivity index (χ2v) is 9.53. The number of allylic oxidation sites excluding steroid dienone is 4. The Kier molecular flexibility index (Phi) is 4.06. The highest BCUT2D eigenvalue weighted by molar-refractivity contribution is 6.01. The molecule has 4 aliphatic rings. The summed E-state index contributed by atoms with van der Waals surface area (Å²) in [5.74, 6) is -5.56. The number of hydrogen-bond acceptors (Lipinski definition) is 2. The number of hydrogen-bond donors (Lipinski definition) is 1. The summed E-state index contributed by atoms with van der Waals surface area (Å²) >= 11 is 0. The number of aliphatic hydroxyl groups is 1. The molecule has 0 saturated heterocycles. The molecule has 0 aliphatic heterocycles. The molecule has 3 saturated carbocycles. The summed E-state index contributed by atoms with van der Waals surface area (Å²) in [7, 11) is 0. The molecule has 4 rings (SSSR count). The summed E-state index contributed by atoms with van der Waals surface area (Å²) in [6, 6.07) is 0. The van der Waals surface area contributed by atoms with Crippen LogP contribution in [0.25, 0.3) is 0 Å². The molecule has 3 fully saturated rings. The minimum absolute atomic E-state index is 0.0446. The van der Waals surface area contributed by atoms with Crippen LogP contribution in [-0.4, -0.2) is 28.6 Å². The fourth-order valence-corrected chi connectivity index (χ4v) is 6.96. The lowest BCUT2D eigenvalue weighted by Gasteiger charge is -2.58. The largest absolute Gasteiger partial charge is 0.456 e. The molecule has 1 N–H and O–H groups in total. The van der Waals surface area contributed by atoms with Gasteiger partial charge in [0, 0.05) is 10.8 Å². The number of ketones is 1. The van der Waals surface area contributed by atoms with E-state index in [0.29, 0.717) is 19.3 Å². The van der Waals surface area contributed by atoms with Crippen LogP contribution in [0.3, 0.4) is 0 Å². The van der Waals surface area contributed by atoms with Gasteiger partial charge in [-0.1, -0.05) is 25.5 Å². The smallest absolute Gasteiger partial charge is 0.383 e. The number of fused-ring (bicyclic) bond motifs is 5. The number of halogens is 5. The van der Waals surface area contributed by atoms with Gasteiger partial charge in [-0.15, -0.1) is 0 Å². The van der Waals surface area contributed by atoms with Crippen molar-refractivity contribution in [3.05, 3.63) is 23.8 Å². The van der Waals surface area contributed by atoms with E-state index in [-0.39, 0.29) is 35.9 Å². The molecule has 6 atom stereocenters. The Hall–Kier alpha value is -1.24. The Bertz CT molecular complexity index is 769. The summed E-state index contributed by atoms with van der Waals surface area (Å²) < 4.78 is 68.3. The van der Waals surface area contributed by atoms with Crippen molar-refractivity contribution in [2.45, 2.75) is 70.1 Å². The predicted molar refractivity (Wildman–Crippen MR) is 92.6 cm³/mol. The van der Waals surface area contributed by atoms with Crippen molar-refractivity contribution in [3.8, 4) is 0 Å². The maximum atomic E-state index is 14.4. The molecular weight excluding hydrogens is 379 g/mol. The molecule has 28 heavy (non-hydrogen) atoms. The molecule has 0 spiro atoms. The van der Waals surface area contributed by atoms with Gasteiger partial charge in [-0.3, -0.25) is 4.79 Å². The van der Waals surface area contributed by atoms with Crippen LogP contribution in [0.15, 0.2) is 23.8 Å². The lowest BCUT2D eigenvalue weighted by Crippen LogP contribution is -2.65. The van der Waals surface area contributed by atoms with Gasteiger partial charge in [0.1, 0.15) is 5.60 Å². The van der Waals surface area contributed by atoms with Gasteiger partial charge in [-0.05, 0) is 68.4 Å². The minimum Gasteiger partial charge on any atom is -0.383 e. The third-order valence-corrected chi connectivity index (χ3v) is 8.58. The molecule has 1 unspecified atom stereocenters. The molecule has 2 nitrogen and oxygen atoms in total. The highest BCUT2D eigenvalue weighted by Gasteiger charge is 2.79. The topological polar surface area (TPSA) is 37.3 Å². The molecule has 156 valence electrons. The molecule has 0 amide bonds. The molecule has 0 bridgehead atoms. The van der Waals surface area contributed by atoms with Crippen LogP contribution in [0, 0.1) is 28.6 Å². The van der Waals surface area contributed by atoms with Crippen molar-refractivity contribution in [1.82, 2.24) is 0 Å². The monoisotopic (exact) mass is 404 g/mol. The fourth-order valence-electron chi connectivity index (χ4n) is 6.96. The van der Waals surface area contributed by atoms with Crippen LogP contribution < -0.4 is 0 Å². The standard InChI is InChI=1S/C21H25F5O2/c1-17-8-5-13(27)11-12(17)3-4-14-15(17)6-9-18(2)16(14)7-10-19(18,28)20(22,23)21(24,25)26/h5,8,11,14-16,28H,3-4,6-7,9-10H2,1-2H3/t14-,15+,16+,17+,18+,19?/m1/s1. The fraction of sp³-hybridized carbons (Fsp3) is 0.762. The van der Waals surface area contributed by atoms with Crippen molar-refractivity contribution in [2.24, 2.45) is 28.6 Å². The predicted octanol–water partition coefficient (Wildman–Crippen LogP) is 5.22. The average molecular weight is 404 g/mol. The number of carbonyl (C=O) groups excluding carboxylic acids is 1. The van der Waals surface area contributed by atoms with E-state index >= 15 is 0 Å². The molecule has 0 heterocycles. The summed E-state index contributed by atoms with van der Waals surface area (Å²) in [4.78, 5) is 11.8. The van der Waals surface area contributed by atoms with Crippen molar-refractivity contribution < 1.29 is 31.9 Å². The van der Waals surface area contributed by atoms with E-state index in [4.69, 9.17) is 0 Å². The summed E-state index contributed by atoms with van der Waals surface area (Å²) in [6.45, 7) is 3.46. The molecule has 0 radical (unpaired) electrons. The SMILES string of the molecule is C[C@]12C=CC(=O)C=C1CC[C@@H]1[C@@H]2CC[C@@]2(C)[C@H]1CCC2(O)C(F)(F)C(F)(F)F. The van der Waals surface area contributed by atoms with Crippen LogP contribution in [0.5, 0.6) is 0 Å². The van der Waals surface area contributed by atoms with Crippen LogP contribution >= 0.6 is 0 Å². The first-order chi connectivity index (χ1) is 12.8. The van der Waals surface area contributed by atoms with Crippen LogP contribution in [0.1, 0.15) is 52.4 Å². The van der Waals surface area contributed by atoms with Crippen LogP contribution in [0.2, 0.25) is 0 Å². The van der Waals surface area contributed by atoms with Gasteiger partial charge < -0.3 is 5.11 Å². The highest BCUT2D eigenvalue weighted by Crippen LogP contribution is 2.70. The molecule has 0 aromatic carbocycles. The van der Waals surface area contributed by atoms with Crippen molar-refractivity contribution in [2.75, 3.05) is 0 Å². The average Bonchev–Trinajstić information content (AvgIpc) is 2.87. The lowest BCUT2D eigenvalue weighted by molar-refractivity contribution is -0.363. The van der Waals surface area contributed by atoms with E-state index in [9.17, 15) is 31.9 Å². The van der Waals surface area contributed by atoms with E-state index in [0.717, 1.165) is 5.57 Å². The Balaban J connectivity index is 1.71. The second kappa shape index (κ2) is 5.67. The van der Waals surface area contributed by atoms with E-state index in [2.05, 4.69) is 0 Å². The van der Waals surface area contributed by atoms with E-state index in [1.807, 2.05) is 13.0 Å². The number of carbonyl (C=O) groups is 1.